The van der Waals surface area contributed by atoms with E-state index in [4.69, 9.17) is 4.42 Å². The van der Waals surface area contributed by atoms with Crippen molar-refractivity contribution in [1.29, 1.82) is 0 Å². The molecule has 0 unspecified atom stereocenters. The Balaban J connectivity index is 0.00000110. The zero-order chi connectivity index (χ0) is 11.9. The van der Waals surface area contributed by atoms with Crippen molar-refractivity contribution in [3.8, 4) is 0 Å². The van der Waals surface area contributed by atoms with Gasteiger partial charge in [-0.1, -0.05) is 18.2 Å². The average Bonchev–Trinajstić information content (AvgIpc) is 3.01. The summed E-state index contributed by atoms with van der Waals surface area (Å²) in [6, 6.07) is 10.4. The van der Waals surface area contributed by atoms with Gasteiger partial charge in [0, 0.05) is 18.5 Å². The third kappa shape index (κ3) is 2.38. The monoisotopic (exact) mass is 278 g/mol. The first kappa shape index (κ1) is 13.0. The highest BCUT2D eigenvalue weighted by Gasteiger charge is 2.36. The lowest BCUT2D eigenvalue weighted by molar-refractivity contribution is 0.281. The zero-order valence-corrected chi connectivity index (χ0v) is 11.7. The lowest BCUT2D eigenvalue weighted by Crippen LogP contribution is -2.25. The molecule has 3 nitrogen and oxygen atoms in total. The van der Waals surface area contributed by atoms with Crippen LogP contribution < -0.4 is 5.32 Å². The molecule has 2 atom stereocenters. The molecule has 0 spiro atoms. The van der Waals surface area contributed by atoms with Gasteiger partial charge in [-0.3, -0.25) is 4.90 Å². The zero-order valence-electron chi connectivity index (χ0n) is 10.8. The smallest absolute Gasteiger partial charge is 0.134 e. The number of likely N-dealkylation sites (tertiary alicyclic amines) is 1. The van der Waals surface area contributed by atoms with Crippen molar-refractivity contribution in [3.05, 3.63) is 36.1 Å². The maximum atomic E-state index is 5.89. The molecule has 1 N–H and O–H groups in total. The van der Waals surface area contributed by atoms with Crippen molar-refractivity contribution in [3.63, 3.8) is 0 Å². The minimum Gasteiger partial charge on any atom is -0.460 e. The van der Waals surface area contributed by atoms with Crippen LogP contribution in [0.3, 0.4) is 0 Å². The largest absolute Gasteiger partial charge is 0.460 e. The quantitative estimate of drug-likeness (QED) is 0.915. The number of benzene rings is 1. The van der Waals surface area contributed by atoms with E-state index in [0.29, 0.717) is 0 Å². The SMILES string of the molecule is Cl.c1ccc2oc(CN3C[C@H]4CNC[C@H]4C3)cc2c1. The number of nitrogens with one attached hydrogen (secondary N) is 1. The molecule has 0 saturated carbocycles. The fourth-order valence-electron chi connectivity index (χ4n) is 3.42. The molecule has 19 heavy (non-hydrogen) atoms. The highest BCUT2D eigenvalue weighted by atomic mass is 35.5. The van der Waals surface area contributed by atoms with E-state index in [1.165, 1.54) is 31.6 Å². The van der Waals surface area contributed by atoms with Crippen LogP contribution in [0, 0.1) is 11.8 Å². The van der Waals surface area contributed by atoms with Crippen LogP contribution in [-0.2, 0) is 6.54 Å². The molecule has 2 aliphatic rings. The van der Waals surface area contributed by atoms with Gasteiger partial charge in [-0.15, -0.1) is 12.4 Å². The maximum absolute atomic E-state index is 5.89. The Morgan fingerprint density at radius 1 is 1.16 bits per heavy atom. The topological polar surface area (TPSA) is 28.4 Å². The minimum absolute atomic E-state index is 0. The number of halogens is 1. The summed E-state index contributed by atoms with van der Waals surface area (Å²) in [4.78, 5) is 2.54. The van der Waals surface area contributed by atoms with Gasteiger partial charge >= 0.3 is 0 Å². The third-order valence-electron chi connectivity index (χ3n) is 4.32. The second-order valence-electron chi connectivity index (χ2n) is 5.62. The van der Waals surface area contributed by atoms with Crippen LogP contribution >= 0.6 is 12.4 Å². The lowest BCUT2D eigenvalue weighted by atomic mass is 10.0. The summed E-state index contributed by atoms with van der Waals surface area (Å²) in [5, 5.41) is 4.70. The van der Waals surface area contributed by atoms with E-state index in [9.17, 15) is 0 Å². The first-order valence-corrected chi connectivity index (χ1v) is 6.79. The van der Waals surface area contributed by atoms with Crippen LogP contribution in [0.1, 0.15) is 5.76 Å². The van der Waals surface area contributed by atoms with Gasteiger partial charge in [0.1, 0.15) is 11.3 Å². The van der Waals surface area contributed by atoms with Gasteiger partial charge in [-0.05, 0) is 37.1 Å². The lowest BCUT2D eigenvalue weighted by Gasteiger charge is -2.14. The molecule has 4 rings (SSSR count). The van der Waals surface area contributed by atoms with Gasteiger partial charge in [0.25, 0.3) is 0 Å². The van der Waals surface area contributed by atoms with E-state index < -0.39 is 0 Å². The molecule has 0 radical (unpaired) electrons. The molecule has 2 saturated heterocycles. The molecule has 4 heteroatoms. The molecule has 0 aliphatic carbocycles. The maximum Gasteiger partial charge on any atom is 0.134 e. The third-order valence-corrected chi connectivity index (χ3v) is 4.32. The summed E-state index contributed by atoms with van der Waals surface area (Å²) in [6.07, 6.45) is 0. The van der Waals surface area contributed by atoms with E-state index >= 15 is 0 Å². The highest BCUT2D eigenvalue weighted by molar-refractivity contribution is 5.85. The molecule has 3 heterocycles. The normalized spacial score (nSPS) is 26.5. The summed E-state index contributed by atoms with van der Waals surface area (Å²) in [5.41, 5.74) is 1.01. The highest BCUT2D eigenvalue weighted by Crippen LogP contribution is 2.28. The van der Waals surface area contributed by atoms with Gasteiger partial charge in [-0.25, -0.2) is 0 Å². The fraction of sp³-hybridized carbons (Fsp3) is 0.467. The number of rotatable bonds is 2. The molecular weight excluding hydrogens is 260 g/mol. The molecule has 102 valence electrons. The van der Waals surface area contributed by atoms with E-state index in [1.807, 2.05) is 12.1 Å². The average molecular weight is 279 g/mol. The predicted octanol–water partition coefficient (Wildman–Crippen LogP) is 2.51. The molecule has 2 aliphatic heterocycles. The molecule has 0 bridgehead atoms. The second kappa shape index (κ2) is 5.16. The standard InChI is InChI=1S/C15H18N2O.ClH/c1-2-4-15-11(3-1)5-14(18-15)10-17-8-12-6-16-7-13(12)9-17;/h1-5,12-13,16H,6-10H2;1H/t12-,13+;. The van der Waals surface area contributed by atoms with E-state index in [2.05, 4.69) is 28.4 Å². The summed E-state index contributed by atoms with van der Waals surface area (Å²) in [6.45, 7) is 5.79. The van der Waals surface area contributed by atoms with E-state index in [0.717, 1.165) is 29.7 Å². The molecule has 1 aromatic heterocycles. The number of para-hydroxylation sites is 1. The summed E-state index contributed by atoms with van der Waals surface area (Å²) in [7, 11) is 0. The van der Waals surface area contributed by atoms with Gasteiger partial charge in [0.2, 0.25) is 0 Å². The van der Waals surface area contributed by atoms with Crippen molar-refractivity contribution in [2.45, 2.75) is 6.54 Å². The predicted molar refractivity (Wildman–Crippen MR) is 78.6 cm³/mol. The molecule has 1 aromatic carbocycles. The Morgan fingerprint density at radius 3 is 2.63 bits per heavy atom. The van der Waals surface area contributed by atoms with Crippen molar-refractivity contribution in [1.82, 2.24) is 10.2 Å². The first-order valence-electron chi connectivity index (χ1n) is 6.79. The van der Waals surface area contributed by atoms with Crippen LogP contribution in [0.15, 0.2) is 34.7 Å². The van der Waals surface area contributed by atoms with Gasteiger partial charge in [0.05, 0.1) is 6.54 Å². The number of furan rings is 1. The minimum atomic E-state index is 0. The van der Waals surface area contributed by atoms with E-state index in [-0.39, 0.29) is 12.4 Å². The Bertz CT molecular complexity index is 523. The molecule has 2 aromatic rings. The summed E-state index contributed by atoms with van der Waals surface area (Å²) in [5.74, 6) is 2.81. The first-order chi connectivity index (χ1) is 8.88. The van der Waals surface area contributed by atoms with Crippen molar-refractivity contribution >= 4 is 23.4 Å². The van der Waals surface area contributed by atoms with Crippen LogP contribution in [0.2, 0.25) is 0 Å². The van der Waals surface area contributed by atoms with Gasteiger partial charge in [0.15, 0.2) is 0 Å². The summed E-state index contributed by atoms with van der Waals surface area (Å²) < 4.78 is 5.89. The van der Waals surface area contributed by atoms with Crippen LogP contribution in [-0.4, -0.2) is 31.1 Å². The Morgan fingerprint density at radius 2 is 1.89 bits per heavy atom. The van der Waals surface area contributed by atoms with Gasteiger partial charge in [-0.2, -0.15) is 0 Å². The number of nitrogens with zero attached hydrogens (tertiary/aromatic N) is 1. The van der Waals surface area contributed by atoms with Gasteiger partial charge < -0.3 is 9.73 Å². The molecule has 0 amide bonds. The Hall–Kier alpha value is -1.03. The second-order valence-corrected chi connectivity index (χ2v) is 5.62. The van der Waals surface area contributed by atoms with Crippen molar-refractivity contribution in [2.75, 3.05) is 26.2 Å². The van der Waals surface area contributed by atoms with Crippen molar-refractivity contribution in [2.24, 2.45) is 11.8 Å². The van der Waals surface area contributed by atoms with Crippen LogP contribution in [0.5, 0.6) is 0 Å². The summed E-state index contributed by atoms with van der Waals surface area (Å²) >= 11 is 0. The number of hydrogen-bond acceptors (Lipinski definition) is 3. The number of fused-ring (bicyclic) bond motifs is 2. The Labute approximate surface area is 119 Å². The van der Waals surface area contributed by atoms with Crippen LogP contribution in [0.4, 0.5) is 0 Å². The molecule has 2 fully saturated rings. The van der Waals surface area contributed by atoms with Crippen molar-refractivity contribution < 1.29 is 4.42 Å². The Kier molecular flexibility index (Phi) is 3.52. The fourth-order valence-corrected chi connectivity index (χ4v) is 3.42. The van der Waals surface area contributed by atoms with Crippen LogP contribution in [0.25, 0.3) is 11.0 Å². The number of hydrogen-bond donors (Lipinski definition) is 1. The van der Waals surface area contributed by atoms with E-state index in [1.54, 1.807) is 0 Å². The molecular formula is C15H19ClN2O.